The standard InChI is InChI=1S/C24H34N4O3/c1-16-9-10-27(13-16)19-7-5-18(6-8-19)25-20(29)14-28-21(30)24(26-22(28)31)12-17(2)11-23(3,4)15-24/h5-8,16-17H,9-15H2,1-4H3,(H,25,29)(H,26,31). The first-order valence-electron chi connectivity index (χ1n) is 11.4. The molecule has 7 nitrogen and oxygen atoms in total. The number of rotatable bonds is 4. The first-order chi connectivity index (χ1) is 14.6. The number of benzene rings is 1. The summed E-state index contributed by atoms with van der Waals surface area (Å²) in [5, 5.41) is 5.74. The van der Waals surface area contributed by atoms with Crippen LogP contribution in [-0.2, 0) is 9.59 Å². The zero-order valence-electron chi connectivity index (χ0n) is 19.0. The van der Waals surface area contributed by atoms with Gasteiger partial charge in [-0.2, -0.15) is 0 Å². The number of nitrogens with one attached hydrogen (secondary N) is 2. The van der Waals surface area contributed by atoms with Crippen molar-refractivity contribution in [2.24, 2.45) is 17.3 Å². The van der Waals surface area contributed by atoms with E-state index < -0.39 is 11.6 Å². The molecule has 31 heavy (non-hydrogen) atoms. The Balaban J connectivity index is 1.38. The van der Waals surface area contributed by atoms with Gasteiger partial charge in [-0.05, 0) is 67.2 Å². The Morgan fingerprint density at radius 1 is 1.13 bits per heavy atom. The summed E-state index contributed by atoms with van der Waals surface area (Å²) in [4.78, 5) is 41.8. The summed E-state index contributed by atoms with van der Waals surface area (Å²) in [5.74, 6) is 0.389. The van der Waals surface area contributed by atoms with Crippen molar-refractivity contribution in [3.05, 3.63) is 24.3 Å². The second kappa shape index (κ2) is 7.84. The Morgan fingerprint density at radius 2 is 1.84 bits per heavy atom. The van der Waals surface area contributed by atoms with Crippen LogP contribution in [-0.4, -0.2) is 47.9 Å². The summed E-state index contributed by atoms with van der Waals surface area (Å²) in [6.45, 7) is 10.5. The number of urea groups is 1. The Kier molecular flexibility index (Phi) is 5.48. The summed E-state index contributed by atoms with van der Waals surface area (Å²) in [6.07, 6.45) is 3.44. The van der Waals surface area contributed by atoms with Gasteiger partial charge in [0.25, 0.3) is 5.91 Å². The lowest BCUT2D eigenvalue weighted by Crippen LogP contribution is -2.54. The van der Waals surface area contributed by atoms with E-state index in [0.29, 0.717) is 30.4 Å². The molecule has 2 N–H and O–H groups in total. The van der Waals surface area contributed by atoms with Crippen molar-refractivity contribution in [3.63, 3.8) is 0 Å². The first-order valence-corrected chi connectivity index (χ1v) is 11.4. The molecule has 3 aliphatic rings. The van der Waals surface area contributed by atoms with Crippen molar-refractivity contribution in [2.75, 3.05) is 29.9 Å². The van der Waals surface area contributed by atoms with Crippen molar-refractivity contribution in [2.45, 2.75) is 58.9 Å². The lowest BCUT2D eigenvalue weighted by molar-refractivity contribution is -0.136. The number of nitrogens with zero attached hydrogens (tertiary/aromatic N) is 2. The molecule has 4 rings (SSSR count). The van der Waals surface area contributed by atoms with Gasteiger partial charge in [-0.3, -0.25) is 14.5 Å². The minimum Gasteiger partial charge on any atom is -0.371 e. The second-order valence-electron chi connectivity index (χ2n) is 10.7. The number of hydrogen-bond donors (Lipinski definition) is 2. The molecule has 1 aromatic carbocycles. The third-order valence-electron chi connectivity index (χ3n) is 6.87. The predicted molar refractivity (Wildman–Crippen MR) is 121 cm³/mol. The molecule has 1 spiro atoms. The van der Waals surface area contributed by atoms with Crippen molar-refractivity contribution >= 4 is 29.2 Å². The average molecular weight is 427 g/mol. The van der Waals surface area contributed by atoms with Crippen LogP contribution in [0.3, 0.4) is 0 Å². The molecule has 0 radical (unpaired) electrons. The highest BCUT2D eigenvalue weighted by Crippen LogP contribution is 2.46. The van der Waals surface area contributed by atoms with Gasteiger partial charge in [-0.25, -0.2) is 4.79 Å². The number of carbonyl (C=O) groups excluding carboxylic acids is 3. The van der Waals surface area contributed by atoms with E-state index in [1.807, 2.05) is 24.3 Å². The van der Waals surface area contributed by atoms with E-state index in [9.17, 15) is 14.4 Å². The molecule has 168 valence electrons. The second-order valence-corrected chi connectivity index (χ2v) is 10.7. The number of amides is 4. The summed E-state index contributed by atoms with van der Waals surface area (Å²) >= 11 is 0. The number of carbonyl (C=O) groups is 3. The van der Waals surface area contributed by atoms with Crippen LogP contribution in [0.15, 0.2) is 24.3 Å². The molecule has 0 bridgehead atoms. The van der Waals surface area contributed by atoms with E-state index in [4.69, 9.17) is 0 Å². The van der Waals surface area contributed by atoms with Crippen molar-refractivity contribution in [1.82, 2.24) is 10.2 Å². The number of anilines is 2. The minimum absolute atomic E-state index is 0.0340. The summed E-state index contributed by atoms with van der Waals surface area (Å²) in [6, 6.07) is 7.27. The maximum absolute atomic E-state index is 13.2. The lowest BCUT2D eigenvalue weighted by Gasteiger charge is -2.43. The Hall–Kier alpha value is -2.57. The molecule has 3 atom stereocenters. The molecule has 7 heteroatoms. The van der Waals surface area contributed by atoms with E-state index in [2.05, 4.69) is 43.2 Å². The molecule has 2 heterocycles. The van der Waals surface area contributed by atoms with Crippen LogP contribution >= 0.6 is 0 Å². The van der Waals surface area contributed by atoms with Gasteiger partial charge in [0.05, 0.1) is 0 Å². The molecule has 1 aliphatic carbocycles. The van der Waals surface area contributed by atoms with Gasteiger partial charge in [0, 0.05) is 24.5 Å². The van der Waals surface area contributed by atoms with Crippen LogP contribution in [0.4, 0.5) is 16.2 Å². The molecule has 1 saturated carbocycles. The van der Waals surface area contributed by atoms with E-state index in [1.54, 1.807) is 0 Å². The molecular weight excluding hydrogens is 392 g/mol. The van der Waals surface area contributed by atoms with E-state index >= 15 is 0 Å². The van der Waals surface area contributed by atoms with Gasteiger partial charge in [-0.15, -0.1) is 0 Å². The number of imide groups is 1. The summed E-state index contributed by atoms with van der Waals surface area (Å²) < 4.78 is 0. The van der Waals surface area contributed by atoms with E-state index in [-0.39, 0.29) is 23.8 Å². The molecular formula is C24H34N4O3. The Bertz CT molecular complexity index is 881. The fraction of sp³-hybridized carbons (Fsp3) is 0.625. The average Bonchev–Trinajstić information content (AvgIpc) is 3.18. The maximum Gasteiger partial charge on any atom is 0.325 e. The molecule has 4 amide bonds. The van der Waals surface area contributed by atoms with Gasteiger partial charge < -0.3 is 15.5 Å². The highest BCUT2D eigenvalue weighted by atomic mass is 16.2. The van der Waals surface area contributed by atoms with Gasteiger partial charge in [0.15, 0.2) is 0 Å². The number of hydrogen-bond acceptors (Lipinski definition) is 4. The topological polar surface area (TPSA) is 81.8 Å². The Morgan fingerprint density at radius 3 is 2.45 bits per heavy atom. The third-order valence-corrected chi connectivity index (χ3v) is 6.87. The van der Waals surface area contributed by atoms with Crippen LogP contribution in [0.25, 0.3) is 0 Å². The largest absolute Gasteiger partial charge is 0.371 e. The normalized spacial score (nSPS) is 30.1. The van der Waals surface area contributed by atoms with Gasteiger partial charge in [0.2, 0.25) is 5.91 Å². The monoisotopic (exact) mass is 426 g/mol. The third kappa shape index (κ3) is 4.41. The van der Waals surface area contributed by atoms with Crippen molar-refractivity contribution in [1.29, 1.82) is 0 Å². The molecule has 3 unspecified atom stereocenters. The van der Waals surface area contributed by atoms with Crippen LogP contribution in [0.5, 0.6) is 0 Å². The lowest BCUT2D eigenvalue weighted by atomic mass is 9.64. The fourth-order valence-electron chi connectivity index (χ4n) is 5.92. The molecule has 1 aromatic rings. The van der Waals surface area contributed by atoms with Crippen molar-refractivity contribution in [3.8, 4) is 0 Å². The summed E-state index contributed by atoms with van der Waals surface area (Å²) in [5.41, 5.74) is 0.892. The van der Waals surface area contributed by atoms with Crippen LogP contribution < -0.4 is 15.5 Å². The molecule has 2 saturated heterocycles. The van der Waals surface area contributed by atoms with Crippen molar-refractivity contribution < 1.29 is 14.4 Å². The van der Waals surface area contributed by atoms with Gasteiger partial charge in [-0.1, -0.05) is 27.7 Å². The van der Waals surface area contributed by atoms with Gasteiger partial charge in [0.1, 0.15) is 12.1 Å². The fourth-order valence-corrected chi connectivity index (χ4v) is 5.92. The van der Waals surface area contributed by atoms with E-state index in [0.717, 1.165) is 30.1 Å². The molecule has 3 fully saturated rings. The van der Waals surface area contributed by atoms with Crippen LogP contribution in [0, 0.1) is 17.3 Å². The van der Waals surface area contributed by atoms with Gasteiger partial charge >= 0.3 is 6.03 Å². The van der Waals surface area contributed by atoms with Crippen LogP contribution in [0.2, 0.25) is 0 Å². The zero-order chi connectivity index (χ0) is 22.4. The zero-order valence-corrected chi connectivity index (χ0v) is 19.0. The first kappa shape index (κ1) is 21.7. The van der Waals surface area contributed by atoms with Crippen LogP contribution in [0.1, 0.15) is 53.4 Å². The highest BCUT2D eigenvalue weighted by Gasteiger charge is 2.56. The molecule has 0 aromatic heterocycles. The van der Waals surface area contributed by atoms with E-state index in [1.165, 1.54) is 6.42 Å². The Labute approximate surface area is 184 Å². The minimum atomic E-state index is -0.882. The maximum atomic E-state index is 13.2. The quantitative estimate of drug-likeness (QED) is 0.721. The summed E-state index contributed by atoms with van der Waals surface area (Å²) in [7, 11) is 0. The SMILES string of the molecule is CC1CCN(c2ccc(NC(=O)CN3C(=O)NC4(CC(C)CC(C)(C)C4)C3=O)cc2)C1. The predicted octanol–water partition coefficient (Wildman–Crippen LogP) is 3.61. The highest BCUT2D eigenvalue weighted by molar-refractivity contribution is 6.10. The molecule has 2 aliphatic heterocycles. The smallest absolute Gasteiger partial charge is 0.325 e.